The molecule has 0 radical (unpaired) electrons. The zero-order valence-corrected chi connectivity index (χ0v) is 16.3. The number of likely N-dealkylation sites (N-methyl/N-ethyl adjacent to an activating group) is 1. The molecule has 0 saturated carbocycles. The molecule has 4 rings (SSSR count). The maximum absolute atomic E-state index is 13.3. The highest BCUT2D eigenvalue weighted by Crippen LogP contribution is 2.41. The highest BCUT2D eigenvalue weighted by atomic mass is 19.3. The number of alkyl halides is 2. The van der Waals surface area contributed by atoms with E-state index < -0.39 is 24.0 Å². The Morgan fingerprint density at radius 1 is 1.03 bits per heavy atom. The van der Waals surface area contributed by atoms with E-state index >= 15 is 0 Å². The summed E-state index contributed by atoms with van der Waals surface area (Å²) in [5, 5.41) is 0. The van der Waals surface area contributed by atoms with Gasteiger partial charge in [-0.1, -0.05) is 30.3 Å². The minimum Gasteiger partial charge on any atom is -0.435 e. The topological polar surface area (TPSA) is 80.8 Å². The van der Waals surface area contributed by atoms with E-state index in [-0.39, 0.29) is 11.7 Å². The van der Waals surface area contributed by atoms with E-state index in [1.54, 1.807) is 30.3 Å². The molecule has 9 heteroatoms. The number of benzene rings is 2. The Labute approximate surface area is 175 Å². The standard InChI is InChI=1S/C22H17F3N4O2/c1-29-19(30)22(28-21(29)26,15-6-8-17(9-7-15)31-20(24)25)16-4-2-3-13(11-16)14-5-10-18(23)27-12-14/h2-12,20H,1H3,(H2,26,28)/t22-/m1/s1. The van der Waals surface area contributed by atoms with Gasteiger partial charge in [0.25, 0.3) is 5.91 Å². The van der Waals surface area contributed by atoms with E-state index in [1.165, 1.54) is 48.5 Å². The van der Waals surface area contributed by atoms with E-state index in [2.05, 4.69) is 14.7 Å². The molecule has 6 nitrogen and oxygen atoms in total. The van der Waals surface area contributed by atoms with Gasteiger partial charge in [0, 0.05) is 18.8 Å². The molecule has 0 saturated heterocycles. The second kappa shape index (κ2) is 7.75. The first-order chi connectivity index (χ1) is 14.8. The Morgan fingerprint density at radius 3 is 2.35 bits per heavy atom. The minimum absolute atomic E-state index is 0.0201. The average Bonchev–Trinajstić information content (AvgIpc) is 2.99. The summed E-state index contributed by atoms with van der Waals surface area (Å²) in [5.74, 6) is -1.03. The van der Waals surface area contributed by atoms with Crippen LogP contribution in [0.1, 0.15) is 11.1 Å². The predicted molar refractivity (Wildman–Crippen MR) is 108 cm³/mol. The Kier molecular flexibility index (Phi) is 5.10. The predicted octanol–water partition coefficient (Wildman–Crippen LogP) is 3.52. The molecule has 31 heavy (non-hydrogen) atoms. The van der Waals surface area contributed by atoms with Crippen molar-refractivity contribution in [3.63, 3.8) is 0 Å². The van der Waals surface area contributed by atoms with Crippen LogP contribution >= 0.6 is 0 Å². The van der Waals surface area contributed by atoms with Gasteiger partial charge in [0.05, 0.1) is 0 Å². The number of ether oxygens (including phenoxy) is 1. The van der Waals surface area contributed by atoms with Crippen molar-refractivity contribution >= 4 is 11.9 Å². The number of nitrogens with zero attached hydrogens (tertiary/aromatic N) is 3. The highest BCUT2D eigenvalue weighted by molar-refractivity contribution is 6.09. The fourth-order valence-electron chi connectivity index (χ4n) is 3.53. The smallest absolute Gasteiger partial charge is 0.387 e. The molecule has 2 heterocycles. The summed E-state index contributed by atoms with van der Waals surface area (Å²) in [6, 6.07) is 15.5. The number of guanidine groups is 1. The van der Waals surface area contributed by atoms with Gasteiger partial charge in [-0.15, -0.1) is 0 Å². The Balaban J connectivity index is 1.85. The lowest BCUT2D eigenvalue weighted by Crippen LogP contribution is -2.41. The quantitative estimate of drug-likeness (QED) is 0.633. The fourth-order valence-corrected chi connectivity index (χ4v) is 3.53. The van der Waals surface area contributed by atoms with Crippen LogP contribution in [-0.2, 0) is 10.3 Å². The number of hydrogen-bond donors (Lipinski definition) is 1. The molecule has 0 aliphatic carbocycles. The Hall–Kier alpha value is -3.88. The number of carbonyl (C=O) groups is 1. The molecular formula is C22H17F3N4O2. The number of aliphatic imine (C=N–C) groups is 1. The third kappa shape index (κ3) is 3.58. The molecule has 158 valence electrons. The van der Waals surface area contributed by atoms with Crippen molar-refractivity contribution in [1.82, 2.24) is 9.88 Å². The van der Waals surface area contributed by atoms with Gasteiger partial charge in [-0.05, 0) is 47.0 Å². The molecule has 1 aromatic heterocycles. The van der Waals surface area contributed by atoms with Crippen LogP contribution in [0.3, 0.4) is 0 Å². The molecule has 3 aromatic rings. The number of aromatic nitrogens is 1. The molecule has 0 bridgehead atoms. The fraction of sp³-hybridized carbons (Fsp3) is 0.136. The van der Waals surface area contributed by atoms with Gasteiger partial charge < -0.3 is 10.5 Å². The first-order valence-corrected chi connectivity index (χ1v) is 9.22. The van der Waals surface area contributed by atoms with Gasteiger partial charge >= 0.3 is 6.61 Å². The number of nitrogens with two attached hydrogens (primary N) is 1. The number of rotatable bonds is 5. The van der Waals surface area contributed by atoms with E-state index in [0.717, 1.165) is 0 Å². The summed E-state index contributed by atoms with van der Waals surface area (Å²) in [7, 11) is 1.50. The van der Waals surface area contributed by atoms with E-state index in [1.807, 2.05) is 0 Å². The largest absolute Gasteiger partial charge is 0.435 e. The number of halogens is 3. The molecule has 1 aliphatic heterocycles. The number of hydrogen-bond acceptors (Lipinski definition) is 5. The number of carbonyl (C=O) groups excluding carboxylic acids is 1. The van der Waals surface area contributed by atoms with Gasteiger partial charge in [0.2, 0.25) is 5.95 Å². The molecule has 1 amide bonds. The van der Waals surface area contributed by atoms with Crippen molar-refractivity contribution in [1.29, 1.82) is 0 Å². The monoisotopic (exact) mass is 426 g/mol. The summed E-state index contributed by atoms with van der Waals surface area (Å²) in [4.78, 5) is 22.7. The van der Waals surface area contributed by atoms with E-state index in [9.17, 15) is 18.0 Å². The van der Waals surface area contributed by atoms with Crippen LogP contribution in [0.15, 0.2) is 71.9 Å². The molecule has 0 spiro atoms. The molecule has 0 unspecified atom stereocenters. The Morgan fingerprint density at radius 2 is 1.77 bits per heavy atom. The van der Waals surface area contributed by atoms with Gasteiger partial charge in [-0.25, -0.2) is 9.98 Å². The van der Waals surface area contributed by atoms with Crippen molar-refractivity contribution in [2.45, 2.75) is 12.2 Å². The molecule has 1 atom stereocenters. The molecular weight excluding hydrogens is 409 g/mol. The highest BCUT2D eigenvalue weighted by Gasteiger charge is 2.49. The lowest BCUT2D eigenvalue weighted by molar-refractivity contribution is -0.129. The second-order valence-electron chi connectivity index (χ2n) is 6.90. The lowest BCUT2D eigenvalue weighted by Gasteiger charge is -2.26. The molecule has 2 N–H and O–H groups in total. The van der Waals surface area contributed by atoms with Crippen LogP contribution in [0, 0.1) is 5.95 Å². The lowest BCUT2D eigenvalue weighted by atomic mass is 9.82. The second-order valence-corrected chi connectivity index (χ2v) is 6.90. The van der Waals surface area contributed by atoms with Crippen molar-refractivity contribution in [2.24, 2.45) is 10.7 Å². The van der Waals surface area contributed by atoms with Crippen LogP contribution in [0.5, 0.6) is 5.75 Å². The maximum Gasteiger partial charge on any atom is 0.387 e. The number of amides is 1. The third-order valence-corrected chi connectivity index (χ3v) is 5.08. The average molecular weight is 426 g/mol. The summed E-state index contributed by atoms with van der Waals surface area (Å²) in [5.41, 5.74) is 6.73. The van der Waals surface area contributed by atoms with Gasteiger partial charge in [-0.3, -0.25) is 9.69 Å². The summed E-state index contributed by atoms with van der Waals surface area (Å²) in [6.45, 7) is -2.96. The summed E-state index contributed by atoms with van der Waals surface area (Å²) >= 11 is 0. The van der Waals surface area contributed by atoms with E-state index in [4.69, 9.17) is 5.73 Å². The third-order valence-electron chi connectivity index (χ3n) is 5.08. The van der Waals surface area contributed by atoms with Crippen molar-refractivity contribution < 1.29 is 22.7 Å². The van der Waals surface area contributed by atoms with Crippen LogP contribution in [0.2, 0.25) is 0 Å². The van der Waals surface area contributed by atoms with Gasteiger partial charge in [0.15, 0.2) is 11.5 Å². The summed E-state index contributed by atoms with van der Waals surface area (Å²) in [6.07, 6.45) is 1.39. The maximum atomic E-state index is 13.3. The summed E-state index contributed by atoms with van der Waals surface area (Å²) < 4.78 is 42.6. The van der Waals surface area contributed by atoms with Gasteiger partial charge in [-0.2, -0.15) is 13.2 Å². The van der Waals surface area contributed by atoms with Crippen LogP contribution in [0.4, 0.5) is 13.2 Å². The minimum atomic E-state index is -2.96. The van der Waals surface area contributed by atoms with E-state index in [0.29, 0.717) is 22.3 Å². The zero-order valence-electron chi connectivity index (χ0n) is 16.3. The SMILES string of the molecule is CN1C(=O)[C@@](c2ccc(OC(F)F)cc2)(c2cccc(-c3ccc(F)nc3)c2)N=C1N. The van der Waals surface area contributed by atoms with Crippen LogP contribution in [0.25, 0.3) is 11.1 Å². The molecule has 1 aliphatic rings. The first-order valence-electron chi connectivity index (χ1n) is 9.22. The van der Waals surface area contributed by atoms with Crippen molar-refractivity contribution in [3.8, 4) is 16.9 Å². The molecule has 0 fully saturated rings. The number of pyridine rings is 1. The normalized spacial score (nSPS) is 18.4. The van der Waals surface area contributed by atoms with Crippen LogP contribution < -0.4 is 10.5 Å². The zero-order chi connectivity index (χ0) is 22.2. The van der Waals surface area contributed by atoms with Crippen molar-refractivity contribution in [3.05, 3.63) is 83.9 Å². The van der Waals surface area contributed by atoms with Crippen molar-refractivity contribution in [2.75, 3.05) is 7.05 Å². The first kappa shape index (κ1) is 20.4. The Bertz CT molecular complexity index is 1150. The van der Waals surface area contributed by atoms with Gasteiger partial charge in [0.1, 0.15) is 5.75 Å². The molecule has 2 aromatic carbocycles. The van der Waals surface area contributed by atoms with Crippen LogP contribution in [-0.4, -0.2) is 35.4 Å².